The van der Waals surface area contributed by atoms with Gasteiger partial charge in [-0.05, 0) is 62.9 Å². The van der Waals surface area contributed by atoms with E-state index in [1.54, 1.807) is 23.1 Å². The fraction of sp³-hybridized carbons (Fsp3) is 0.440. The van der Waals surface area contributed by atoms with Gasteiger partial charge >= 0.3 is 0 Å². The molecule has 2 rings (SSSR count). The highest BCUT2D eigenvalue weighted by Gasteiger charge is 2.29. The Bertz CT molecular complexity index is 883. The lowest BCUT2D eigenvalue weighted by Gasteiger charge is -2.31. The third-order valence-corrected chi connectivity index (χ3v) is 5.78. The maximum Gasteiger partial charge on any atom is 0.261 e. The maximum absolute atomic E-state index is 13.2. The molecule has 0 radical (unpaired) electrons. The largest absolute Gasteiger partial charge is 0.484 e. The molecule has 2 amide bonds. The fourth-order valence-electron chi connectivity index (χ4n) is 3.19. The number of benzene rings is 2. The Kier molecular flexibility index (Phi) is 9.38. The molecule has 0 aliphatic carbocycles. The van der Waals surface area contributed by atoms with Crippen molar-refractivity contribution in [2.45, 2.75) is 66.1 Å². The zero-order chi connectivity index (χ0) is 23.0. The van der Waals surface area contributed by atoms with Crippen molar-refractivity contribution in [3.63, 3.8) is 0 Å². The Balaban J connectivity index is 2.21. The number of ether oxygens (including phenoxy) is 1. The van der Waals surface area contributed by atoms with Crippen LogP contribution in [0.4, 0.5) is 0 Å². The van der Waals surface area contributed by atoms with Crippen LogP contribution in [0, 0.1) is 13.8 Å². The summed E-state index contributed by atoms with van der Waals surface area (Å²) in [5.74, 6) is 0.196. The van der Waals surface area contributed by atoms with E-state index in [0.29, 0.717) is 23.7 Å². The van der Waals surface area contributed by atoms with Gasteiger partial charge < -0.3 is 15.0 Å². The van der Waals surface area contributed by atoms with E-state index in [1.165, 1.54) is 0 Å². The normalized spacial score (nSPS) is 12.7. The molecule has 2 aromatic rings. The van der Waals surface area contributed by atoms with Gasteiger partial charge in [0.15, 0.2) is 6.61 Å². The zero-order valence-corrected chi connectivity index (χ0v) is 19.8. The Labute approximate surface area is 190 Å². The van der Waals surface area contributed by atoms with E-state index in [4.69, 9.17) is 16.3 Å². The lowest BCUT2D eigenvalue weighted by molar-refractivity contribution is -0.143. The molecular weight excluding hydrogens is 412 g/mol. The summed E-state index contributed by atoms with van der Waals surface area (Å²) in [4.78, 5) is 27.7. The summed E-state index contributed by atoms with van der Waals surface area (Å²) < 4.78 is 5.74. The highest BCUT2D eigenvalue weighted by molar-refractivity contribution is 6.31. The molecule has 0 aliphatic rings. The van der Waals surface area contributed by atoms with Crippen molar-refractivity contribution in [1.82, 2.24) is 10.2 Å². The van der Waals surface area contributed by atoms with Crippen molar-refractivity contribution in [3.05, 3.63) is 64.2 Å². The molecule has 0 saturated carbocycles. The molecule has 6 heteroatoms. The minimum atomic E-state index is -0.571. The number of amides is 2. The summed E-state index contributed by atoms with van der Waals surface area (Å²) in [6.07, 6.45) is 1.34. The van der Waals surface area contributed by atoms with Crippen molar-refractivity contribution in [3.8, 4) is 5.75 Å². The summed E-state index contributed by atoms with van der Waals surface area (Å²) in [7, 11) is 0. The van der Waals surface area contributed by atoms with Gasteiger partial charge in [-0.15, -0.1) is 0 Å². The molecule has 0 aromatic heterocycles. The molecule has 168 valence electrons. The number of rotatable bonds is 10. The van der Waals surface area contributed by atoms with E-state index in [1.807, 2.05) is 58.9 Å². The second kappa shape index (κ2) is 11.8. The molecule has 0 spiro atoms. The van der Waals surface area contributed by atoms with Crippen LogP contribution in [0.2, 0.25) is 5.02 Å². The molecule has 31 heavy (non-hydrogen) atoms. The Morgan fingerprint density at radius 3 is 2.32 bits per heavy atom. The summed E-state index contributed by atoms with van der Waals surface area (Å²) in [6.45, 7) is 9.98. The first-order chi connectivity index (χ1) is 14.7. The predicted molar refractivity (Wildman–Crippen MR) is 125 cm³/mol. The number of carbonyl (C=O) groups excluding carboxylic acids is 2. The number of aryl methyl sites for hydroxylation is 2. The molecular formula is C25H33ClN2O3. The highest BCUT2D eigenvalue weighted by Crippen LogP contribution is 2.21. The van der Waals surface area contributed by atoms with Gasteiger partial charge in [0, 0.05) is 17.6 Å². The minimum Gasteiger partial charge on any atom is -0.484 e. The second-order valence-electron chi connectivity index (χ2n) is 7.95. The molecule has 0 saturated heterocycles. The van der Waals surface area contributed by atoms with E-state index in [0.717, 1.165) is 23.1 Å². The SMILES string of the molecule is CC[C@H](C(=O)N[C@@H](C)CC)N(Cc1ccc(C)cc1)C(=O)COc1ccc(Cl)c(C)c1. The van der Waals surface area contributed by atoms with Crippen LogP contribution in [0.15, 0.2) is 42.5 Å². The van der Waals surface area contributed by atoms with Crippen molar-refractivity contribution in [2.24, 2.45) is 0 Å². The van der Waals surface area contributed by atoms with Crippen molar-refractivity contribution >= 4 is 23.4 Å². The van der Waals surface area contributed by atoms with E-state index in [9.17, 15) is 9.59 Å². The minimum absolute atomic E-state index is 0.0474. The number of carbonyl (C=O) groups is 2. The molecule has 0 heterocycles. The first kappa shape index (κ1) is 24.7. The lowest BCUT2D eigenvalue weighted by Crippen LogP contribution is -2.51. The average molecular weight is 445 g/mol. The maximum atomic E-state index is 13.2. The Hall–Kier alpha value is -2.53. The smallest absolute Gasteiger partial charge is 0.261 e. The molecule has 0 fully saturated rings. The van der Waals surface area contributed by atoms with Gasteiger partial charge in [0.2, 0.25) is 5.91 Å². The number of halogens is 1. The third-order valence-electron chi connectivity index (χ3n) is 5.35. The zero-order valence-electron chi connectivity index (χ0n) is 19.1. The fourth-order valence-corrected chi connectivity index (χ4v) is 3.30. The molecule has 1 N–H and O–H groups in total. The van der Waals surface area contributed by atoms with Crippen LogP contribution in [0.1, 0.15) is 50.3 Å². The predicted octanol–water partition coefficient (Wildman–Crippen LogP) is 5.06. The number of hydrogen-bond donors (Lipinski definition) is 1. The molecule has 2 atom stereocenters. The van der Waals surface area contributed by atoms with Crippen LogP contribution in [-0.2, 0) is 16.1 Å². The number of nitrogens with one attached hydrogen (secondary N) is 1. The van der Waals surface area contributed by atoms with Crippen LogP contribution in [0.3, 0.4) is 0 Å². The number of nitrogens with zero attached hydrogens (tertiary/aromatic N) is 1. The second-order valence-corrected chi connectivity index (χ2v) is 8.36. The Morgan fingerprint density at radius 1 is 1.06 bits per heavy atom. The first-order valence-electron chi connectivity index (χ1n) is 10.8. The topological polar surface area (TPSA) is 58.6 Å². The quantitative estimate of drug-likeness (QED) is 0.557. The summed E-state index contributed by atoms with van der Waals surface area (Å²) in [5.41, 5.74) is 2.99. The van der Waals surface area contributed by atoms with Crippen molar-refractivity contribution in [2.75, 3.05) is 6.61 Å². The third kappa shape index (κ3) is 7.28. The summed E-state index contributed by atoms with van der Waals surface area (Å²) in [6, 6.07) is 12.7. The van der Waals surface area contributed by atoms with Crippen LogP contribution >= 0.6 is 11.6 Å². The average Bonchev–Trinajstić information content (AvgIpc) is 2.75. The van der Waals surface area contributed by atoms with Gasteiger partial charge in [-0.1, -0.05) is 55.3 Å². The van der Waals surface area contributed by atoms with Crippen LogP contribution in [-0.4, -0.2) is 35.4 Å². The lowest BCUT2D eigenvalue weighted by atomic mass is 10.1. The van der Waals surface area contributed by atoms with E-state index in [2.05, 4.69) is 5.32 Å². The van der Waals surface area contributed by atoms with Gasteiger partial charge in [-0.25, -0.2) is 0 Å². The van der Waals surface area contributed by atoms with Gasteiger partial charge in [0.05, 0.1) is 0 Å². The summed E-state index contributed by atoms with van der Waals surface area (Å²) >= 11 is 6.07. The van der Waals surface area contributed by atoms with Gasteiger partial charge in [-0.2, -0.15) is 0 Å². The standard InChI is InChI=1S/C25H33ClN2O3/c1-6-19(5)27-25(30)23(7-2)28(15-20-10-8-17(3)9-11-20)24(29)16-31-21-12-13-22(26)18(4)14-21/h8-14,19,23H,6-7,15-16H2,1-5H3,(H,27,30)/t19-,23+/m0/s1. The van der Waals surface area contributed by atoms with E-state index in [-0.39, 0.29) is 24.5 Å². The van der Waals surface area contributed by atoms with Crippen molar-refractivity contribution in [1.29, 1.82) is 0 Å². The first-order valence-corrected chi connectivity index (χ1v) is 11.2. The van der Waals surface area contributed by atoms with E-state index >= 15 is 0 Å². The van der Waals surface area contributed by atoms with E-state index < -0.39 is 6.04 Å². The molecule has 5 nitrogen and oxygen atoms in total. The van der Waals surface area contributed by atoms with Crippen LogP contribution < -0.4 is 10.1 Å². The van der Waals surface area contributed by atoms with Gasteiger partial charge in [0.1, 0.15) is 11.8 Å². The van der Waals surface area contributed by atoms with Crippen LogP contribution in [0.25, 0.3) is 0 Å². The van der Waals surface area contributed by atoms with Crippen molar-refractivity contribution < 1.29 is 14.3 Å². The van der Waals surface area contributed by atoms with Gasteiger partial charge in [0.25, 0.3) is 5.91 Å². The highest BCUT2D eigenvalue weighted by atomic mass is 35.5. The molecule has 0 aliphatic heterocycles. The molecule has 0 unspecified atom stereocenters. The van der Waals surface area contributed by atoms with Crippen LogP contribution in [0.5, 0.6) is 5.75 Å². The van der Waals surface area contributed by atoms with Gasteiger partial charge in [-0.3, -0.25) is 9.59 Å². The summed E-state index contributed by atoms with van der Waals surface area (Å²) in [5, 5.41) is 3.66. The Morgan fingerprint density at radius 2 is 1.74 bits per heavy atom. The molecule has 0 bridgehead atoms. The monoisotopic (exact) mass is 444 g/mol. The number of hydrogen-bond acceptors (Lipinski definition) is 3. The molecule has 2 aromatic carbocycles.